The number of urea groups is 1. The molecule has 4 heterocycles. The topological polar surface area (TPSA) is 159 Å². The molecule has 0 saturated heterocycles. The average molecular weight is 577 g/mol. The predicted molar refractivity (Wildman–Crippen MR) is 154 cm³/mol. The number of unbranched alkanes of at least 4 members (excludes halogenated alkanes) is 2. The minimum absolute atomic E-state index is 0.188. The lowest BCUT2D eigenvalue weighted by Crippen LogP contribution is -2.22. The Morgan fingerprint density at radius 3 is 2.76 bits per heavy atom. The number of nitrogens with zero attached hydrogens (tertiary/aromatic N) is 6. The third-order valence-corrected chi connectivity index (χ3v) is 7.12. The molecule has 4 aromatic rings. The number of ether oxygens (including phenoxy) is 2. The lowest BCUT2D eigenvalue weighted by atomic mass is 10.0. The Labute approximate surface area is 243 Å². The van der Waals surface area contributed by atoms with E-state index in [-0.39, 0.29) is 6.61 Å². The molecule has 0 radical (unpaired) electrons. The van der Waals surface area contributed by atoms with Crippen molar-refractivity contribution in [1.82, 2.24) is 29.7 Å². The summed E-state index contributed by atoms with van der Waals surface area (Å²) in [5, 5.41) is 14.3. The van der Waals surface area contributed by atoms with Gasteiger partial charge in [0.15, 0.2) is 5.65 Å². The fourth-order valence-corrected chi connectivity index (χ4v) is 5.11. The first-order valence-electron chi connectivity index (χ1n) is 14.4. The monoisotopic (exact) mass is 576 g/mol. The van der Waals surface area contributed by atoms with Crippen LogP contribution in [-0.2, 0) is 20.9 Å². The second kappa shape index (κ2) is 14.6. The molecule has 0 atom stereocenters. The second-order valence-electron chi connectivity index (χ2n) is 10.3. The zero-order valence-corrected chi connectivity index (χ0v) is 23.8. The van der Waals surface area contributed by atoms with Gasteiger partial charge >= 0.3 is 6.03 Å². The average Bonchev–Trinajstić information content (AvgIpc) is 3.77. The molecule has 1 aliphatic carbocycles. The minimum atomic E-state index is -0.390. The number of aldehydes is 1. The maximum absolute atomic E-state index is 12.9. The molecule has 13 heteroatoms. The molecule has 1 saturated carbocycles. The Bertz CT molecular complexity index is 1480. The minimum Gasteiger partial charge on any atom is -0.381 e. The molecule has 5 rings (SSSR count). The smallest absolute Gasteiger partial charge is 0.323 e. The van der Waals surface area contributed by atoms with Crippen molar-refractivity contribution in [3.05, 3.63) is 47.9 Å². The molecule has 13 nitrogen and oxygen atoms in total. The highest BCUT2D eigenvalue weighted by molar-refractivity contribution is 6.00. The van der Waals surface area contributed by atoms with Gasteiger partial charge in [-0.15, -0.1) is 0 Å². The number of hydrogen-bond donors (Lipinski definition) is 2. The van der Waals surface area contributed by atoms with Gasteiger partial charge in [-0.2, -0.15) is 10.1 Å². The molecule has 0 spiro atoms. The summed E-state index contributed by atoms with van der Waals surface area (Å²) in [4.78, 5) is 36.5. The SMILES string of the molecule is Cc1cc(NC(=O)Nc2cnc3ccnn3c2C2CCCC2)cnc1-c1noc(COCCCOCCCCC=O)n1. The van der Waals surface area contributed by atoms with Gasteiger partial charge in [-0.3, -0.25) is 4.98 Å². The van der Waals surface area contributed by atoms with Crippen molar-refractivity contribution in [3.63, 3.8) is 0 Å². The summed E-state index contributed by atoms with van der Waals surface area (Å²) in [6.07, 6.45) is 13.4. The van der Waals surface area contributed by atoms with Crippen LogP contribution in [0.2, 0.25) is 0 Å². The Hall–Kier alpha value is -4.23. The summed E-state index contributed by atoms with van der Waals surface area (Å²) < 4.78 is 18.3. The second-order valence-corrected chi connectivity index (χ2v) is 10.3. The summed E-state index contributed by atoms with van der Waals surface area (Å²) in [6, 6.07) is 3.27. The molecule has 42 heavy (non-hydrogen) atoms. The lowest BCUT2D eigenvalue weighted by molar-refractivity contribution is -0.108. The van der Waals surface area contributed by atoms with Crippen LogP contribution in [0.15, 0.2) is 35.2 Å². The number of anilines is 2. The summed E-state index contributed by atoms with van der Waals surface area (Å²) in [7, 11) is 0. The fourth-order valence-electron chi connectivity index (χ4n) is 5.11. The van der Waals surface area contributed by atoms with E-state index in [1.54, 1.807) is 24.7 Å². The predicted octanol–water partition coefficient (Wildman–Crippen LogP) is 5.08. The van der Waals surface area contributed by atoms with Crippen LogP contribution in [-0.4, -0.2) is 61.9 Å². The molecule has 0 aromatic carbocycles. The van der Waals surface area contributed by atoms with Crippen LogP contribution in [0.3, 0.4) is 0 Å². The first kappa shape index (κ1) is 29.3. The van der Waals surface area contributed by atoms with Crippen LogP contribution in [0, 0.1) is 6.92 Å². The highest BCUT2D eigenvalue weighted by atomic mass is 16.5. The van der Waals surface area contributed by atoms with Crippen molar-refractivity contribution in [2.45, 2.75) is 70.8 Å². The van der Waals surface area contributed by atoms with Gasteiger partial charge in [0.1, 0.15) is 18.6 Å². The number of aromatic nitrogens is 6. The van der Waals surface area contributed by atoms with Gasteiger partial charge in [0, 0.05) is 38.2 Å². The van der Waals surface area contributed by atoms with Crippen molar-refractivity contribution in [2.24, 2.45) is 0 Å². The first-order valence-corrected chi connectivity index (χ1v) is 14.4. The molecular formula is C29H36N8O5. The maximum atomic E-state index is 12.9. The zero-order chi connectivity index (χ0) is 29.1. The normalized spacial score (nSPS) is 13.5. The summed E-state index contributed by atoms with van der Waals surface area (Å²) in [6.45, 7) is 3.79. The lowest BCUT2D eigenvalue weighted by Gasteiger charge is -2.17. The van der Waals surface area contributed by atoms with Crippen LogP contribution in [0.1, 0.15) is 74.4 Å². The number of pyridine rings is 1. The van der Waals surface area contributed by atoms with E-state index >= 15 is 0 Å². The highest BCUT2D eigenvalue weighted by Crippen LogP contribution is 2.37. The quantitative estimate of drug-likeness (QED) is 0.144. The van der Waals surface area contributed by atoms with Crippen LogP contribution >= 0.6 is 0 Å². The summed E-state index contributed by atoms with van der Waals surface area (Å²) >= 11 is 0. The van der Waals surface area contributed by atoms with Gasteiger partial charge in [0.25, 0.3) is 5.89 Å². The largest absolute Gasteiger partial charge is 0.381 e. The molecule has 1 fully saturated rings. The number of carbonyl (C=O) groups is 2. The number of rotatable bonds is 15. The summed E-state index contributed by atoms with van der Waals surface area (Å²) in [5.41, 5.74) is 4.25. The number of hydrogen-bond acceptors (Lipinski definition) is 10. The maximum Gasteiger partial charge on any atom is 0.323 e. The van der Waals surface area contributed by atoms with E-state index in [0.29, 0.717) is 60.9 Å². The molecular weight excluding hydrogens is 540 g/mol. The van der Waals surface area contributed by atoms with E-state index in [4.69, 9.17) is 14.0 Å². The fraction of sp³-hybridized carbons (Fsp3) is 0.483. The number of fused-ring (bicyclic) bond motifs is 1. The Balaban J connectivity index is 1.11. The Morgan fingerprint density at radius 1 is 1.10 bits per heavy atom. The van der Waals surface area contributed by atoms with Crippen LogP contribution < -0.4 is 10.6 Å². The Morgan fingerprint density at radius 2 is 1.93 bits per heavy atom. The van der Waals surface area contributed by atoms with Gasteiger partial charge in [-0.25, -0.2) is 14.3 Å². The van der Waals surface area contributed by atoms with Crippen molar-refractivity contribution >= 4 is 29.3 Å². The summed E-state index contributed by atoms with van der Waals surface area (Å²) in [5.74, 6) is 1.02. The molecule has 1 aliphatic rings. The van der Waals surface area contributed by atoms with Gasteiger partial charge in [0.2, 0.25) is 5.82 Å². The molecule has 2 N–H and O–H groups in total. The molecule has 0 aliphatic heterocycles. The number of nitrogens with one attached hydrogen (secondary N) is 2. The van der Waals surface area contributed by atoms with Gasteiger partial charge in [-0.05, 0) is 50.7 Å². The van der Waals surface area contributed by atoms with E-state index in [9.17, 15) is 9.59 Å². The molecule has 2 amide bonds. The Kier molecular flexibility index (Phi) is 10.2. The van der Waals surface area contributed by atoms with Crippen LogP contribution in [0.5, 0.6) is 0 Å². The zero-order valence-electron chi connectivity index (χ0n) is 23.8. The van der Waals surface area contributed by atoms with Crippen molar-refractivity contribution < 1.29 is 23.6 Å². The molecule has 222 valence electrons. The standard InChI is InChI=1S/C29H36N8O5/c1-20-16-22(33-29(39)34-23-18-30-24-10-11-32-37(24)27(23)21-8-3-4-9-21)17-31-26(20)28-35-25(42-36-28)19-41-15-7-14-40-13-6-2-5-12-38/h10-12,16-18,21H,2-9,13-15,19H2,1H3,(H2,33,34,39). The van der Waals surface area contributed by atoms with Crippen LogP contribution in [0.25, 0.3) is 17.2 Å². The van der Waals surface area contributed by atoms with Crippen LogP contribution in [0.4, 0.5) is 16.2 Å². The number of aryl methyl sites for hydroxylation is 1. The van der Waals surface area contributed by atoms with E-state index in [1.807, 2.05) is 17.5 Å². The number of carbonyl (C=O) groups excluding carboxylic acids is 2. The van der Waals surface area contributed by atoms with Gasteiger partial charge in [-0.1, -0.05) is 18.0 Å². The third-order valence-electron chi connectivity index (χ3n) is 7.12. The van der Waals surface area contributed by atoms with E-state index < -0.39 is 6.03 Å². The molecule has 0 bridgehead atoms. The van der Waals surface area contributed by atoms with Crippen molar-refractivity contribution in [1.29, 1.82) is 0 Å². The molecule has 4 aromatic heterocycles. The first-order chi connectivity index (χ1) is 20.6. The van der Waals surface area contributed by atoms with Gasteiger partial charge in [0.05, 0.1) is 35.7 Å². The molecule has 0 unspecified atom stereocenters. The van der Waals surface area contributed by atoms with E-state index in [1.165, 1.54) is 0 Å². The van der Waals surface area contributed by atoms with Crippen molar-refractivity contribution in [3.8, 4) is 11.5 Å². The number of amides is 2. The van der Waals surface area contributed by atoms with Crippen molar-refractivity contribution in [2.75, 3.05) is 30.5 Å². The van der Waals surface area contributed by atoms with E-state index in [0.717, 1.165) is 68.1 Å². The van der Waals surface area contributed by atoms with Gasteiger partial charge < -0.3 is 29.4 Å². The van der Waals surface area contributed by atoms with E-state index in [2.05, 4.69) is 35.8 Å². The third kappa shape index (κ3) is 7.53. The highest BCUT2D eigenvalue weighted by Gasteiger charge is 2.25.